The first kappa shape index (κ1) is 15.0. The molecule has 2 atom stereocenters. The molecule has 1 fully saturated rings. The third-order valence-corrected chi connectivity index (χ3v) is 3.38. The molecule has 21 heavy (non-hydrogen) atoms. The van der Waals surface area contributed by atoms with E-state index in [2.05, 4.69) is 4.74 Å². The monoisotopic (exact) mass is 292 g/mol. The van der Waals surface area contributed by atoms with Crippen LogP contribution in [0.1, 0.15) is 30.1 Å². The van der Waals surface area contributed by atoms with Gasteiger partial charge in [-0.25, -0.2) is 9.59 Å². The van der Waals surface area contributed by atoms with Crippen LogP contribution in [0.4, 0.5) is 0 Å². The van der Waals surface area contributed by atoms with Gasteiger partial charge >= 0.3 is 17.9 Å². The Kier molecular flexibility index (Phi) is 4.26. The van der Waals surface area contributed by atoms with Crippen LogP contribution < -0.4 is 0 Å². The molecule has 1 aliphatic rings. The summed E-state index contributed by atoms with van der Waals surface area (Å²) in [4.78, 5) is 35.3. The summed E-state index contributed by atoms with van der Waals surface area (Å²) in [6.07, 6.45) is -0.831. The summed E-state index contributed by atoms with van der Waals surface area (Å²) >= 11 is 0. The molecule has 6 nitrogen and oxygen atoms in total. The fourth-order valence-corrected chi connectivity index (χ4v) is 2.18. The van der Waals surface area contributed by atoms with E-state index in [1.807, 2.05) is 0 Å². The van der Waals surface area contributed by atoms with Crippen molar-refractivity contribution in [1.29, 1.82) is 0 Å². The van der Waals surface area contributed by atoms with Gasteiger partial charge in [0, 0.05) is 12.8 Å². The SMILES string of the molecule is COC(=O)[C@@H](OC(=O)c1ccccc1)[C@@]1(C)CCC(=O)O1. The maximum atomic E-state index is 12.1. The van der Waals surface area contributed by atoms with Crippen molar-refractivity contribution in [1.82, 2.24) is 0 Å². The molecular weight excluding hydrogens is 276 g/mol. The summed E-state index contributed by atoms with van der Waals surface area (Å²) in [6, 6.07) is 8.26. The number of carbonyl (C=O) groups excluding carboxylic acids is 3. The van der Waals surface area contributed by atoms with Gasteiger partial charge in [0.1, 0.15) is 0 Å². The molecule has 1 heterocycles. The highest BCUT2D eigenvalue weighted by atomic mass is 16.6. The summed E-state index contributed by atoms with van der Waals surface area (Å²) in [7, 11) is 1.19. The van der Waals surface area contributed by atoms with Crippen molar-refractivity contribution >= 4 is 17.9 Å². The van der Waals surface area contributed by atoms with Crippen LogP contribution in [0.5, 0.6) is 0 Å². The number of cyclic esters (lactones) is 1. The predicted octanol–water partition coefficient (Wildman–Crippen LogP) is 1.48. The smallest absolute Gasteiger partial charge is 0.351 e. The van der Waals surface area contributed by atoms with Gasteiger partial charge in [0.2, 0.25) is 6.10 Å². The Balaban J connectivity index is 2.20. The van der Waals surface area contributed by atoms with Gasteiger partial charge in [0.15, 0.2) is 5.60 Å². The number of benzene rings is 1. The quantitative estimate of drug-likeness (QED) is 0.618. The Morgan fingerprint density at radius 1 is 1.29 bits per heavy atom. The van der Waals surface area contributed by atoms with E-state index < -0.39 is 29.6 Å². The van der Waals surface area contributed by atoms with E-state index in [-0.39, 0.29) is 12.8 Å². The van der Waals surface area contributed by atoms with Crippen molar-refractivity contribution < 1.29 is 28.6 Å². The first-order valence-electron chi connectivity index (χ1n) is 6.52. The van der Waals surface area contributed by atoms with Crippen molar-refractivity contribution in [3.63, 3.8) is 0 Å². The zero-order valence-corrected chi connectivity index (χ0v) is 11.8. The number of esters is 3. The molecule has 0 spiro atoms. The average molecular weight is 292 g/mol. The van der Waals surface area contributed by atoms with Gasteiger partial charge in [0.05, 0.1) is 12.7 Å². The van der Waals surface area contributed by atoms with E-state index in [1.54, 1.807) is 37.3 Å². The molecule has 0 radical (unpaired) electrons. The second kappa shape index (κ2) is 5.95. The van der Waals surface area contributed by atoms with Crippen LogP contribution in [-0.2, 0) is 23.8 Å². The first-order chi connectivity index (χ1) is 9.96. The maximum Gasteiger partial charge on any atom is 0.351 e. The van der Waals surface area contributed by atoms with Gasteiger partial charge in [-0.05, 0) is 19.1 Å². The minimum Gasteiger partial charge on any atom is -0.466 e. The standard InChI is InChI=1S/C15H16O6/c1-15(9-8-11(16)21-15)12(14(18)19-2)20-13(17)10-6-4-3-5-7-10/h3-7,12H,8-9H2,1-2H3/t12-,15-/m1/s1. The Morgan fingerprint density at radius 3 is 2.48 bits per heavy atom. The number of methoxy groups -OCH3 is 1. The molecule has 1 aromatic carbocycles. The highest BCUT2D eigenvalue weighted by Crippen LogP contribution is 2.32. The summed E-state index contributed by atoms with van der Waals surface area (Å²) < 4.78 is 15.0. The molecule has 0 aromatic heterocycles. The van der Waals surface area contributed by atoms with Crippen LogP contribution in [0.3, 0.4) is 0 Å². The minimum atomic E-state index is -1.29. The number of rotatable bonds is 4. The molecule has 1 aromatic rings. The Labute approximate surface area is 122 Å². The molecule has 0 N–H and O–H groups in total. The topological polar surface area (TPSA) is 78.9 Å². The van der Waals surface area contributed by atoms with Crippen molar-refractivity contribution in [2.45, 2.75) is 31.5 Å². The molecular formula is C15H16O6. The second-order valence-corrected chi connectivity index (χ2v) is 4.96. The van der Waals surface area contributed by atoms with E-state index >= 15 is 0 Å². The zero-order valence-electron chi connectivity index (χ0n) is 11.8. The zero-order chi connectivity index (χ0) is 15.5. The molecule has 6 heteroatoms. The number of hydrogen-bond acceptors (Lipinski definition) is 6. The lowest BCUT2D eigenvalue weighted by Gasteiger charge is -2.29. The summed E-state index contributed by atoms with van der Waals surface area (Å²) in [5, 5.41) is 0. The molecule has 0 aliphatic carbocycles. The third-order valence-electron chi connectivity index (χ3n) is 3.38. The molecule has 0 bridgehead atoms. The van der Waals surface area contributed by atoms with Gasteiger partial charge in [0.25, 0.3) is 0 Å². The lowest BCUT2D eigenvalue weighted by atomic mass is 9.95. The van der Waals surface area contributed by atoms with E-state index in [0.29, 0.717) is 5.56 Å². The molecule has 112 valence electrons. The van der Waals surface area contributed by atoms with Crippen LogP contribution >= 0.6 is 0 Å². The first-order valence-corrected chi connectivity index (χ1v) is 6.52. The van der Waals surface area contributed by atoms with Crippen molar-refractivity contribution in [3.8, 4) is 0 Å². The largest absolute Gasteiger partial charge is 0.466 e. The fourth-order valence-electron chi connectivity index (χ4n) is 2.18. The van der Waals surface area contributed by atoms with E-state index in [4.69, 9.17) is 9.47 Å². The predicted molar refractivity (Wildman–Crippen MR) is 71.4 cm³/mol. The Bertz CT molecular complexity index is 553. The molecule has 0 saturated carbocycles. The van der Waals surface area contributed by atoms with Gasteiger partial charge in [-0.2, -0.15) is 0 Å². The number of ether oxygens (including phenoxy) is 3. The Hall–Kier alpha value is -2.37. The highest BCUT2D eigenvalue weighted by Gasteiger charge is 2.50. The van der Waals surface area contributed by atoms with Gasteiger partial charge in [-0.3, -0.25) is 4.79 Å². The minimum absolute atomic E-state index is 0.173. The normalized spacial score (nSPS) is 22.3. The van der Waals surface area contributed by atoms with Gasteiger partial charge in [-0.1, -0.05) is 18.2 Å². The van der Waals surface area contributed by atoms with Crippen molar-refractivity contribution in [2.24, 2.45) is 0 Å². The molecule has 2 rings (SSSR count). The van der Waals surface area contributed by atoms with Gasteiger partial charge < -0.3 is 14.2 Å². The average Bonchev–Trinajstić information content (AvgIpc) is 2.85. The Morgan fingerprint density at radius 2 is 1.95 bits per heavy atom. The number of carbonyl (C=O) groups is 3. The third kappa shape index (κ3) is 3.21. The molecule has 1 aliphatic heterocycles. The molecule has 0 amide bonds. The summed E-state index contributed by atoms with van der Waals surface area (Å²) in [5.41, 5.74) is -0.895. The van der Waals surface area contributed by atoms with E-state index in [9.17, 15) is 14.4 Å². The fraction of sp³-hybridized carbons (Fsp3) is 0.400. The lowest BCUT2D eigenvalue weighted by Crippen LogP contribution is -2.48. The molecule has 0 unspecified atom stereocenters. The van der Waals surface area contributed by atoms with Crippen LogP contribution in [0.2, 0.25) is 0 Å². The van der Waals surface area contributed by atoms with E-state index in [1.165, 1.54) is 7.11 Å². The van der Waals surface area contributed by atoms with Crippen LogP contribution in [0.15, 0.2) is 30.3 Å². The second-order valence-electron chi connectivity index (χ2n) is 4.96. The number of hydrogen-bond donors (Lipinski definition) is 0. The van der Waals surface area contributed by atoms with Crippen LogP contribution in [0, 0.1) is 0 Å². The van der Waals surface area contributed by atoms with Crippen molar-refractivity contribution in [2.75, 3.05) is 7.11 Å². The van der Waals surface area contributed by atoms with E-state index in [0.717, 1.165) is 0 Å². The summed E-state index contributed by atoms with van der Waals surface area (Å²) in [5.74, 6) is -1.85. The highest BCUT2D eigenvalue weighted by molar-refractivity contribution is 5.92. The van der Waals surface area contributed by atoms with Crippen molar-refractivity contribution in [3.05, 3.63) is 35.9 Å². The van der Waals surface area contributed by atoms with Crippen LogP contribution in [0.25, 0.3) is 0 Å². The maximum absolute atomic E-state index is 12.1. The molecule has 1 saturated heterocycles. The van der Waals surface area contributed by atoms with Gasteiger partial charge in [-0.15, -0.1) is 0 Å². The lowest BCUT2D eigenvalue weighted by molar-refractivity contribution is -0.173. The summed E-state index contributed by atoms with van der Waals surface area (Å²) in [6.45, 7) is 1.55. The van der Waals surface area contributed by atoms with Crippen LogP contribution in [-0.4, -0.2) is 36.7 Å².